The Labute approximate surface area is 117 Å². The molecule has 0 aliphatic rings. The number of benzene rings is 1. The van der Waals surface area contributed by atoms with E-state index >= 15 is 0 Å². The first-order valence-corrected chi connectivity index (χ1v) is 8.50. The molecule has 0 aliphatic carbocycles. The number of esters is 1. The molecule has 0 fully saturated rings. The molecular weight excluding hydrogens is 264 g/mol. The lowest BCUT2D eigenvalue weighted by molar-refractivity contribution is -0.142. The van der Waals surface area contributed by atoms with Crippen LogP contribution in [-0.2, 0) is 9.53 Å². The maximum atomic E-state index is 10.9. The number of hydrogen-bond acceptors (Lipinski definition) is 4. The second-order valence-electron chi connectivity index (χ2n) is 4.20. The number of ether oxygens (including phenoxy) is 1. The van der Waals surface area contributed by atoms with Crippen molar-refractivity contribution < 1.29 is 9.53 Å². The van der Waals surface area contributed by atoms with Crippen LogP contribution in [0.15, 0.2) is 29.2 Å². The smallest absolute Gasteiger partial charge is 0.305 e. The number of rotatable bonds is 7. The first kappa shape index (κ1) is 15.4. The molecule has 2 nitrogen and oxygen atoms in total. The fourth-order valence-corrected chi connectivity index (χ4v) is 3.12. The molecule has 0 aromatic heterocycles. The Kier molecular flexibility index (Phi) is 7.28. The molecule has 0 bridgehead atoms. The molecule has 1 rings (SSSR count). The molecule has 4 heteroatoms. The van der Waals surface area contributed by atoms with Gasteiger partial charge in [0, 0.05) is 17.1 Å². The van der Waals surface area contributed by atoms with Gasteiger partial charge in [0.25, 0.3) is 0 Å². The Bertz CT molecular complexity index is 361. The average molecular weight is 284 g/mol. The van der Waals surface area contributed by atoms with Crippen molar-refractivity contribution in [2.24, 2.45) is 0 Å². The predicted molar refractivity (Wildman–Crippen MR) is 80.1 cm³/mol. The maximum absolute atomic E-state index is 10.9. The summed E-state index contributed by atoms with van der Waals surface area (Å²) in [6, 6.07) is 8.63. The highest BCUT2D eigenvalue weighted by Crippen LogP contribution is 2.31. The summed E-state index contributed by atoms with van der Waals surface area (Å²) in [4.78, 5) is 12.1. The van der Waals surface area contributed by atoms with Gasteiger partial charge in [0.05, 0.1) is 0 Å². The van der Waals surface area contributed by atoms with E-state index < -0.39 is 0 Å². The van der Waals surface area contributed by atoms with Gasteiger partial charge in [-0.05, 0) is 23.6 Å². The number of carbonyl (C=O) groups excluding carboxylic acids is 1. The molecule has 100 valence electrons. The van der Waals surface area contributed by atoms with Gasteiger partial charge in [-0.3, -0.25) is 4.79 Å². The van der Waals surface area contributed by atoms with Gasteiger partial charge in [0.2, 0.25) is 0 Å². The fraction of sp³-hybridized carbons (Fsp3) is 0.500. The monoisotopic (exact) mass is 284 g/mol. The lowest BCUT2D eigenvalue weighted by atomic mass is 10.0. The first-order chi connectivity index (χ1) is 8.63. The van der Waals surface area contributed by atoms with Crippen molar-refractivity contribution in [3.63, 3.8) is 0 Å². The minimum absolute atomic E-state index is 0.123. The van der Waals surface area contributed by atoms with Crippen LogP contribution in [0.3, 0.4) is 0 Å². The largest absolute Gasteiger partial charge is 0.465 e. The third kappa shape index (κ3) is 5.83. The Hall–Kier alpha value is -0.610. The topological polar surface area (TPSA) is 26.3 Å². The van der Waals surface area contributed by atoms with E-state index in [1.54, 1.807) is 28.5 Å². The van der Waals surface area contributed by atoms with Gasteiger partial charge in [-0.15, -0.1) is 0 Å². The standard InChI is InChI=1S/C14H20O2S2/c1-4-14(15)16-9-10-17-18-13-7-5-12(6-8-13)11(2)3/h5-8,11H,4,9-10H2,1-3H3. The Morgan fingerprint density at radius 1 is 1.28 bits per heavy atom. The van der Waals surface area contributed by atoms with Crippen LogP contribution in [0.25, 0.3) is 0 Å². The quantitative estimate of drug-likeness (QED) is 0.418. The summed E-state index contributed by atoms with van der Waals surface area (Å²) in [5.74, 6) is 1.27. The second-order valence-corrected chi connectivity index (χ2v) is 6.69. The van der Waals surface area contributed by atoms with Gasteiger partial charge < -0.3 is 4.74 Å². The Morgan fingerprint density at radius 3 is 2.50 bits per heavy atom. The van der Waals surface area contributed by atoms with E-state index in [0.29, 0.717) is 18.9 Å². The van der Waals surface area contributed by atoms with Crippen LogP contribution in [0.2, 0.25) is 0 Å². The zero-order valence-corrected chi connectivity index (χ0v) is 12.8. The molecule has 0 N–H and O–H groups in total. The van der Waals surface area contributed by atoms with Crippen LogP contribution in [0.5, 0.6) is 0 Å². The summed E-state index contributed by atoms with van der Waals surface area (Å²) in [7, 11) is 3.44. The number of carbonyl (C=O) groups is 1. The molecule has 18 heavy (non-hydrogen) atoms. The first-order valence-electron chi connectivity index (χ1n) is 6.18. The lowest BCUT2D eigenvalue weighted by Gasteiger charge is -2.06. The fourth-order valence-electron chi connectivity index (χ4n) is 1.31. The van der Waals surface area contributed by atoms with Crippen molar-refractivity contribution in [2.45, 2.75) is 38.0 Å². The predicted octanol–water partition coefficient (Wildman–Crippen LogP) is 4.50. The van der Waals surface area contributed by atoms with E-state index in [9.17, 15) is 4.79 Å². The van der Waals surface area contributed by atoms with E-state index in [1.165, 1.54) is 10.5 Å². The van der Waals surface area contributed by atoms with Crippen molar-refractivity contribution in [3.8, 4) is 0 Å². The zero-order chi connectivity index (χ0) is 13.4. The van der Waals surface area contributed by atoms with Crippen LogP contribution in [-0.4, -0.2) is 18.3 Å². The minimum atomic E-state index is -0.123. The summed E-state index contributed by atoms with van der Waals surface area (Å²) >= 11 is 0. The van der Waals surface area contributed by atoms with E-state index in [-0.39, 0.29) is 5.97 Å². The van der Waals surface area contributed by atoms with E-state index in [1.807, 2.05) is 0 Å². The summed E-state index contributed by atoms with van der Waals surface area (Å²) in [6.45, 7) is 6.69. The summed E-state index contributed by atoms with van der Waals surface area (Å²) < 4.78 is 5.01. The molecule has 0 heterocycles. The van der Waals surface area contributed by atoms with Crippen molar-refractivity contribution in [3.05, 3.63) is 29.8 Å². The van der Waals surface area contributed by atoms with Crippen LogP contribution in [0, 0.1) is 0 Å². The Balaban J connectivity index is 2.21. The van der Waals surface area contributed by atoms with Crippen molar-refractivity contribution >= 4 is 27.6 Å². The van der Waals surface area contributed by atoms with Crippen LogP contribution >= 0.6 is 21.6 Å². The van der Waals surface area contributed by atoms with Crippen LogP contribution in [0.4, 0.5) is 0 Å². The molecule has 0 atom stereocenters. The molecule has 0 unspecified atom stereocenters. The number of hydrogen-bond donors (Lipinski definition) is 0. The third-order valence-electron chi connectivity index (χ3n) is 2.42. The van der Waals surface area contributed by atoms with Gasteiger partial charge >= 0.3 is 5.97 Å². The molecule has 0 saturated carbocycles. The highest BCUT2D eigenvalue weighted by molar-refractivity contribution is 8.76. The van der Waals surface area contributed by atoms with Gasteiger partial charge in [0.15, 0.2) is 0 Å². The lowest BCUT2D eigenvalue weighted by Crippen LogP contribution is -2.04. The molecule has 1 aromatic rings. The molecule has 0 aliphatic heterocycles. The van der Waals surface area contributed by atoms with Crippen LogP contribution in [0.1, 0.15) is 38.7 Å². The molecule has 0 radical (unpaired) electrons. The van der Waals surface area contributed by atoms with Crippen molar-refractivity contribution in [2.75, 3.05) is 12.4 Å². The van der Waals surface area contributed by atoms with Crippen molar-refractivity contribution in [1.82, 2.24) is 0 Å². The molecule has 0 saturated heterocycles. The van der Waals surface area contributed by atoms with Gasteiger partial charge in [-0.2, -0.15) is 0 Å². The van der Waals surface area contributed by atoms with Gasteiger partial charge in [0.1, 0.15) is 6.61 Å². The van der Waals surface area contributed by atoms with Crippen molar-refractivity contribution in [1.29, 1.82) is 0 Å². The Morgan fingerprint density at radius 2 is 1.94 bits per heavy atom. The SMILES string of the molecule is CCC(=O)OCCSSc1ccc(C(C)C)cc1. The second kappa shape index (κ2) is 8.48. The molecule has 0 spiro atoms. The highest BCUT2D eigenvalue weighted by Gasteiger charge is 2.01. The van der Waals surface area contributed by atoms with E-state index in [4.69, 9.17) is 4.74 Å². The van der Waals surface area contributed by atoms with E-state index in [0.717, 1.165) is 5.75 Å². The van der Waals surface area contributed by atoms with Gasteiger partial charge in [-0.25, -0.2) is 0 Å². The van der Waals surface area contributed by atoms with E-state index in [2.05, 4.69) is 38.1 Å². The summed E-state index contributed by atoms with van der Waals surface area (Å²) in [6.07, 6.45) is 0.453. The van der Waals surface area contributed by atoms with Crippen LogP contribution < -0.4 is 0 Å². The molecule has 0 amide bonds. The zero-order valence-electron chi connectivity index (χ0n) is 11.1. The average Bonchev–Trinajstić information content (AvgIpc) is 2.38. The minimum Gasteiger partial charge on any atom is -0.465 e. The maximum Gasteiger partial charge on any atom is 0.305 e. The third-order valence-corrected chi connectivity index (χ3v) is 4.77. The highest BCUT2D eigenvalue weighted by atomic mass is 33.1. The summed E-state index contributed by atoms with van der Waals surface area (Å²) in [5.41, 5.74) is 1.36. The molecule has 1 aromatic carbocycles. The summed E-state index contributed by atoms with van der Waals surface area (Å²) in [5, 5.41) is 0. The molecular formula is C14H20O2S2. The normalized spacial score (nSPS) is 10.7. The van der Waals surface area contributed by atoms with Gasteiger partial charge in [-0.1, -0.05) is 54.5 Å².